The first kappa shape index (κ1) is 19.0. The van der Waals surface area contributed by atoms with Gasteiger partial charge in [-0.05, 0) is 66.6 Å². The van der Waals surface area contributed by atoms with Gasteiger partial charge in [0.25, 0.3) is 0 Å². The van der Waals surface area contributed by atoms with Crippen molar-refractivity contribution in [1.82, 2.24) is 0 Å². The van der Waals surface area contributed by atoms with E-state index in [9.17, 15) is 0 Å². The summed E-state index contributed by atoms with van der Waals surface area (Å²) in [6.07, 6.45) is 0. The molecule has 3 aromatic rings. The molecule has 0 amide bonds. The summed E-state index contributed by atoms with van der Waals surface area (Å²) in [4.78, 5) is 0. The SMILES string of the molecule is COc1c(C)cc(C(c2ccccc2)c2cc(C)c(OC)c(C)c2)cc1C. The van der Waals surface area contributed by atoms with Crippen LogP contribution in [0.25, 0.3) is 0 Å². The zero-order valence-corrected chi connectivity index (χ0v) is 17.1. The first-order valence-corrected chi connectivity index (χ1v) is 9.31. The highest BCUT2D eigenvalue weighted by molar-refractivity contribution is 5.53. The maximum atomic E-state index is 5.57. The molecule has 140 valence electrons. The van der Waals surface area contributed by atoms with Crippen molar-refractivity contribution in [3.63, 3.8) is 0 Å². The molecule has 0 N–H and O–H groups in total. The van der Waals surface area contributed by atoms with Gasteiger partial charge in [-0.1, -0.05) is 54.6 Å². The molecule has 2 heteroatoms. The molecule has 0 aliphatic rings. The molecule has 0 radical (unpaired) electrons. The third kappa shape index (κ3) is 3.71. The zero-order valence-electron chi connectivity index (χ0n) is 17.1. The van der Waals surface area contributed by atoms with Gasteiger partial charge in [-0.25, -0.2) is 0 Å². The smallest absolute Gasteiger partial charge is 0.124 e. The maximum Gasteiger partial charge on any atom is 0.124 e. The van der Waals surface area contributed by atoms with Gasteiger partial charge in [-0.2, -0.15) is 0 Å². The Bertz CT molecular complexity index is 836. The molecule has 0 fully saturated rings. The van der Waals surface area contributed by atoms with Crippen LogP contribution in [0.3, 0.4) is 0 Å². The third-order valence-corrected chi connectivity index (χ3v) is 5.17. The third-order valence-electron chi connectivity index (χ3n) is 5.17. The molecule has 0 aliphatic heterocycles. The molecule has 0 aliphatic carbocycles. The summed E-state index contributed by atoms with van der Waals surface area (Å²) in [6.45, 7) is 8.45. The Labute approximate surface area is 162 Å². The normalized spacial score (nSPS) is 10.9. The second kappa shape index (κ2) is 7.87. The lowest BCUT2D eigenvalue weighted by atomic mass is 9.82. The Kier molecular flexibility index (Phi) is 5.55. The Morgan fingerprint density at radius 2 is 0.926 bits per heavy atom. The van der Waals surface area contributed by atoms with Crippen molar-refractivity contribution in [2.45, 2.75) is 33.6 Å². The monoisotopic (exact) mass is 360 g/mol. The topological polar surface area (TPSA) is 18.5 Å². The van der Waals surface area contributed by atoms with Crippen LogP contribution < -0.4 is 9.47 Å². The zero-order chi connectivity index (χ0) is 19.6. The second-order valence-electron chi connectivity index (χ2n) is 7.22. The summed E-state index contributed by atoms with van der Waals surface area (Å²) in [5.41, 5.74) is 8.49. The van der Waals surface area contributed by atoms with Crippen molar-refractivity contribution >= 4 is 0 Å². The van der Waals surface area contributed by atoms with E-state index in [0.29, 0.717) is 0 Å². The minimum Gasteiger partial charge on any atom is -0.496 e. The average Bonchev–Trinajstić information content (AvgIpc) is 2.62. The van der Waals surface area contributed by atoms with Crippen molar-refractivity contribution in [3.8, 4) is 11.5 Å². The molecular formula is C25H28O2. The number of benzene rings is 3. The van der Waals surface area contributed by atoms with Crippen LogP contribution in [0.4, 0.5) is 0 Å². The van der Waals surface area contributed by atoms with Crippen LogP contribution in [0.5, 0.6) is 11.5 Å². The largest absolute Gasteiger partial charge is 0.496 e. The number of rotatable bonds is 5. The number of hydrogen-bond donors (Lipinski definition) is 0. The van der Waals surface area contributed by atoms with E-state index in [1.54, 1.807) is 14.2 Å². The fraction of sp³-hybridized carbons (Fsp3) is 0.280. The van der Waals surface area contributed by atoms with E-state index in [4.69, 9.17) is 9.47 Å². The van der Waals surface area contributed by atoms with Crippen LogP contribution in [0.1, 0.15) is 44.9 Å². The van der Waals surface area contributed by atoms with Gasteiger partial charge in [0, 0.05) is 5.92 Å². The first-order chi connectivity index (χ1) is 13.0. The van der Waals surface area contributed by atoms with Gasteiger partial charge in [0.1, 0.15) is 11.5 Å². The Morgan fingerprint density at radius 3 is 1.26 bits per heavy atom. The summed E-state index contributed by atoms with van der Waals surface area (Å²) in [6, 6.07) is 19.7. The van der Waals surface area contributed by atoms with Gasteiger partial charge in [-0.3, -0.25) is 0 Å². The fourth-order valence-corrected chi connectivity index (χ4v) is 4.17. The lowest BCUT2D eigenvalue weighted by molar-refractivity contribution is 0.408. The Morgan fingerprint density at radius 1 is 0.556 bits per heavy atom. The fourth-order valence-electron chi connectivity index (χ4n) is 4.17. The Hall–Kier alpha value is -2.74. The molecule has 0 heterocycles. The molecule has 0 saturated carbocycles. The molecule has 27 heavy (non-hydrogen) atoms. The predicted octanol–water partition coefficient (Wildman–Crippen LogP) is 6.12. The molecule has 2 nitrogen and oxygen atoms in total. The van der Waals surface area contributed by atoms with Gasteiger partial charge in [0.05, 0.1) is 14.2 Å². The van der Waals surface area contributed by atoms with Gasteiger partial charge in [0.15, 0.2) is 0 Å². The number of methoxy groups -OCH3 is 2. The summed E-state index contributed by atoms with van der Waals surface area (Å²) < 4.78 is 11.1. The molecule has 0 atom stereocenters. The van der Waals surface area contributed by atoms with Crippen LogP contribution in [0.15, 0.2) is 54.6 Å². The highest BCUT2D eigenvalue weighted by atomic mass is 16.5. The van der Waals surface area contributed by atoms with Crippen molar-refractivity contribution < 1.29 is 9.47 Å². The minimum atomic E-state index is 0.165. The van der Waals surface area contributed by atoms with Gasteiger partial charge < -0.3 is 9.47 Å². The molecule has 3 aromatic carbocycles. The quantitative estimate of drug-likeness (QED) is 0.511. The Balaban J connectivity index is 2.23. The van der Waals surface area contributed by atoms with Crippen LogP contribution in [0, 0.1) is 27.7 Å². The standard InChI is InChI=1S/C25H28O2/c1-16-12-21(13-17(2)24(16)26-5)23(20-10-8-7-9-11-20)22-14-18(3)25(27-6)19(4)15-22/h7-15,23H,1-6H3. The maximum absolute atomic E-state index is 5.57. The van der Waals surface area contributed by atoms with Crippen molar-refractivity contribution in [1.29, 1.82) is 0 Å². The molecular weight excluding hydrogens is 332 g/mol. The molecule has 0 saturated heterocycles. The highest BCUT2D eigenvalue weighted by Gasteiger charge is 2.20. The lowest BCUT2D eigenvalue weighted by Gasteiger charge is -2.23. The summed E-state index contributed by atoms with van der Waals surface area (Å²) >= 11 is 0. The average molecular weight is 360 g/mol. The van der Waals surface area contributed by atoms with Crippen LogP contribution in [-0.2, 0) is 0 Å². The van der Waals surface area contributed by atoms with E-state index in [-0.39, 0.29) is 5.92 Å². The van der Waals surface area contributed by atoms with Crippen LogP contribution in [-0.4, -0.2) is 14.2 Å². The second-order valence-corrected chi connectivity index (χ2v) is 7.22. The van der Waals surface area contributed by atoms with E-state index in [2.05, 4.69) is 82.3 Å². The number of hydrogen-bond acceptors (Lipinski definition) is 2. The molecule has 0 spiro atoms. The number of aryl methyl sites for hydroxylation is 4. The van der Waals surface area contributed by atoms with Gasteiger partial charge >= 0.3 is 0 Å². The van der Waals surface area contributed by atoms with Gasteiger partial charge in [0.2, 0.25) is 0 Å². The molecule has 0 bridgehead atoms. The first-order valence-electron chi connectivity index (χ1n) is 9.31. The van der Waals surface area contributed by atoms with Crippen LogP contribution in [0.2, 0.25) is 0 Å². The van der Waals surface area contributed by atoms with Crippen molar-refractivity contribution in [3.05, 3.63) is 93.5 Å². The van der Waals surface area contributed by atoms with Crippen LogP contribution >= 0.6 is 0 Å². The summed E-state index contributed by atoms with van der Waals surface area (Å²) in [5.74, 6) is 2.10. The minimum absolute atomic E-state index is 0.165. The predicted molar refractivity (Wildman–Crippen MR) is 112 cm³/mol. The van der Waals surface area contributed by atoms with E-state index in [1.807, 2.05) is 0 Å². The van der Waals surface area contributed by atoms with E-state index >= 15 is 0 Å². The van der Waals surface area contributed by atoms with E-state index < -0.39 is 0 Å². The molecule has 0 unspecified atom stereocenters. The number of ether oxygens (including phenoxy) is 2. The lowest BCUT2D eigenvalue weighted by Crippen LogP contribution is -2.06. The van der Waals surface area contributed by atoms with E-state index in [1.165, 1.54) is 16.7 Å². The van der Waals surface area contributed by atoms with Gasteiger partial charge in [-0.15, -0.1) is 0 Å². The van der Waals surface area contributed by atoms with Crippen molar-refractivity contribution in [2.75, 3.05) is 14.2 Å². The molecule has 3 rings (SSSR count). The highest BCUT2D eigenvalue weighted by Crippen LogP contribution is 2.38. The summed E-state index contributed by atoms with van der Waals surface area (Å²) in [7, 11) is 3.47. The summed E-state index contributed by atoms with van der Waals surface area (Å²) in [5, 5.41) is 0. The van der Waals surface area contributed by atoms with E-state index in [0.717, 1.165) is 33.8 Å². The van der Waals surface area contributed by atoms with Crippen molar-refractivity contribution in [2.24, 2.45) is 0 Å². The molecule has 0 aromatic heterocycles.